The molecule has 1 N–H and O–H groups in total. The minimum absolute atomic E-state index is 0.285. The summed E-state index contributed by atoms with van der Waals surface area (Å²) in [5, 5.41) is 0.808. The van der Waals surface area contributed by atoms with Crippen molar-refractivity contribution in [3.8, 4) is 11.5 Å². The Bertz CT molecular complexity index is 1170. The maximum Gasteiger partial charge on any atom is 0.217 e. The number of ether oxygens (including phenoxy) is 2. The third-order valence-electron chi connectivity index (χ3n) is 5.66. The molecule has 1 saturated heterocycles. The highest BCUT2D eigenvalue weighted by atomic mass is 32.2. The van der Waals surface area contributed by atoms with Gasteiger partial charge in [0.05, 0.1) is 36.3 Å². The zero-order valence-corrected chi connectivity index (χ0v) is 18.4. The Hall–Kier alpha value is -2.80. The van der Waals surface area contributed by atoms with E-state index in [0.717, 1.165) is 54.5 Å². The van der Waals surface area contributed by atoms with E-state index in [4.69, 9.17) is 9.47 Å². The largest absolute Gasteiger partial charge is 0.493 e. The normalized spacial score (nSPS) is 14.7. The number of fused-ring (bicyclic) bond motifs is 1. The number of nitrogens with zero attached hydrogens (tertiary/aromatic N) is 1. The molecule has 6 nitrogen and oxygen atoms in total. The van der Waals surface area contributed by atoms with Crippen molar-refractivity contribution in [2.24, 2.45) is 0 Å². The second-order valence-electron chi connectivity index (χ2n) is 7.62. The topological polar surface area (TPSA) is 70.0 Å². The van der Waals surface area contributed by atoms with Crippen molar-refractivity contribution in [2.45, 2.75) is 36.0 Å². The highest BCUT2D eigenvalue weighted by Crippen LogP contribution is 2.40. The Morgan fingerprint density at radius 2 is 1.57 bits per heavy atom. The molecule has 0 amide bonds. The van der Waals surface area contributed by atoms with Crippen molar-refractivity contribution in [1.82, 2.24) is 0 Å². The van der Waals surface area contributed by atoms with Crippen LogP contribution in [0.4, 0.5) is 5.69 Å². The zero-order chi connectivity index (χ0) is 21.3. The molecule has 1 aromatic heterocycles. The summed E-state index contributed by atoms with van der Waals surface area (Å²) in [6, 6.07) is 10.7. The fourth-order valence-corrected chi connectivity index (χ4v) is 5.49. The summed E-state index contributed by atoms with van der Waals surface area (Å²) >= 11 is 0. The summed E-state index contributed by atoms with van der Waals surface area (Å²) in [5.74, 6) is 1.17. The number of hydrogen-bond acceptors (Lipinski definition) is 5. The molecule has 1 aliphatic rings. The van der Waals surface area contributed by atoms with Crippen molar-refractivity contribution >= 4 is 26.4 Å². The number of benzene rings is 2. The van der Waals surface area contributed by atoms with Crippen LogP contribution in [-0.2, 0) is 9.84 Å². The number of sulfone groups is 1. The Balaban J connectivity index is 2.00. The number of hydrogen-bond donors (Lipinski definition) is 0. The Kier molecular flexibility index (Phi) is 5.56. The Morgan fingerprint density at radius 3 is 2.20 bits per heavy atom. The standard InChI is InChI=1S/C23H26N2O4S/c1-16-7-9-17(10-8-16)30(26,27)22-15-24-19-14-21(29-3)20(28-2)13-18(19)23(22)25-11-5-4-6-12-25/h7-10,13-15H,4-6,11-12H2,1-3H3/p+1. The van der Waals surface area contributed by atoms with E-state index in [1.54, 1.807) is 32.5 Å². The number of aryl methyl sites for hydroxylation is 1. The van der Waals surface area contributed by atoms with Gasteiger partial charge in [0.25, 0.3) is 0 Å². The fourth-order valence-electron chi connectivity index (χ4n) is 4.03. The molecule has 3 aromatic rings. The lowest BCUT2D eigenvalue weighted by molar-refractivity contribution is -0.347. The quantitative estimate of drug-likeness (QED) is 0.619. The van der Waals surface area contributed by atoms with Crippen molar-refractivity contribution in [1.29, 1.82) is 0 Å². The van der Waals surface area contributed by atoms with Gasteiger partial charge in [-0.1, -0.05) is 17.7 Å². The minimum Gasteiger partial charge on any atom is -0.493 e. The lowest BCUT2D eigenvalue weighted by Crippen LogP contribution is -2.31. The molecule has 1 fully saturated rings. The van der Waals surface area contributed by atoms with Gasteiger partial charge in [0.1, 0.15) is 0 Å². The second-order valence-corrected chi connectivity index (χ2v) is 9.54. The number of aromatic nitrogens is 1. The van der Waals surface area contributed by atoms with Crippen LogP contribution in [0.25, 0.3) is 10.9 Å². The van der Waals surface area contributed by atoms with E-state index in [9.17, 15) is 8.42 Å². The molecule has 0 unspecified atom stereocenters. The molecule has 0 atom stereocenters. The molecule has 0 bridgehead atoms. The van der Waals surface area contributed by atoms with Crippen LogP contribution in [0.5, 0.6) is 11.5 Å². The van der Waals surface area contributed by atoms with Gasteiger partial charge in [-0.25, -0.2) is 13.4 Å². The first-order valence-corrected chi connectivity index (χ1v) is 11.6. The van der Waals surface area contributed by atoms with Gasteiger partial charge in [0.15, 0.2) is 22.6 Å². The highest BCUT2D eigenvalue weighted by Gasteiger charge is 2.30. The van der Waals surface area contributed by atoms with E-state index in [0.29, 0.717) is 16.4 Å². The van der Waals surface area contributed by atoms with Crippen LogP contribution in [0, 0.1) is 6.92 Å². The molecule has 30 heavy (non-hydrogen) atoms. The van der Waals surface area contributed by atoms with Gasteiger partial charge >= 0.3 is 0 Å². The molecular formula is C23H27N2O4S+. The molecule has 2 heterocycles. The summed E-state index contributed by atoms with van der Waals surface area (Å²) in [5.41, 5.74) is 2.55. The molecule has 0 saturated carbocycles. The smallest absolute Gasteiger partial charge is 0.217 e. The number of aromatic amines is 1. The number of methoxy groups -OCH3 is 2. The average Bonchev–Trinajstić information content (AvgIpc) is 2.78. The van der Waals surface area contributed by atoms with Crippen LogP contribution in [0.15, 0.2) is 52.4 Å². The lowest BCUT2D eigenvalue weighted by atomic mass is 10.1. The van der Waals surface area contributed by atoms with Gasteiger partial charge in [-0.2, -0.15) is 0 Å². The summed E-state index contributed by atoms with van der Waals surface area (Å²) in [7, 11) is -0.534. The number of anilines is 1. The van der Waals surface area contributed by atoms with E-state index in [1.807, 2.05) is 31.2 Å². The maximum absolute atomic E-state index is 13.6. The van der Waals surface area contributed by atoms with Crippen LogP contribution in [0.2, 0.25) is 0 Å². The monoisotopic (exact) mass is 427 g/mol. The number of pyridine rings is 1. The van der Waals surface area contributed by atoms with Crippen LogP contribution in [0.3, 0.4) is 0 Å². The van der Waals surface area contributed by atoms with Crippen molar-refractivity contribution in [3.63, 3.8) is 0 Å². The van der Waals surface area contributed by atoms with E-state index >= 15 is 0 Å². The number of H-pyrrole nitrogens is 1. The van der Waals surface area contributed by atoms with E-state index in [2.05, 4.69) is 9.88 Å². The fraction of sp³-hybridized carbons (Fsp3) is 0.348. The van der Waals surface area contributed by atoms with Gasteiger partial charge in [0.2, 0.25) is 15.4 Å². The minimum atomic E-state index is -3.71. The molecule has 0 spiro atoms. The first kappa shape index (κ1) is 20.5. The third-order valence-corrected chi connectivity index (χ3v) is 7.45. The van der Waals surface area contributed by atoms with E-state index < -0.39 is 9.84 Å². The molecule has 0 aliphatic carbocycles. The molecular weight excluding hydrogens is 400 g/mol. The average molecular weight is 428 g/mol. The number of piperidine rings is 1. The van der Waals surface area contributed by atoms with Crippen LogP contribution in [-0.4, -0.2) is 35.7 Å². The van der Waals surface area contributed by atoms with Crippen LogP contribution in [0.1, 0.15) is 24.8 Å². The summed E-state index contributed by atoms with van der Waals surface area (Å²) < 4.78 is 38.2. The summed E-state index contributed by atoms with van der Waals surface area (Å²) in [4.78, 5) is 5.93. The summed E-state index contributed by atoms with van der Waals surface area (Å²) in [6.07, 6.45) is 4.84. The maximum atomic E-state index is 13.6. The first-order chi connectivity index (χ1) is 14.5. The van der Waals surface area contributed by atoms with Gasteiger partial charge < -0.3 is 14.4 Å². The molecule has 158 valence electrons. The van der Waals surface area contributed by atoms with E-state index in [-0.39, 0.29) is 4.90 Å². The van der Waals surface area contributed by atoms with Crippen molar-refractivity contribution in [3.05, 3.63) is 48.2 Å². The predicted molar refractivity (Wildman–Crippen MR) is 116 cm³/mol. The van der Waals surface area contributed by atoms with Gasteiger partial charge in [-0.3, -0.25) is 0 Å². The van der Waals surface area contributed by atoms with Crippen molar-refractivity contribution < 1.29 is 22.9 Å². The molecule has 0 radical (unpaired) electrons. The SMILES string of the molecule is COc1cc2[nH+]cc(S(=O)(=O)c3ccc(C)cc3)c(N3CCCCC3)c2cc1OC. The van der Waals surface area contributed by atoms with Gasteiger partial charge in [-0.05, 0) is 38.3 Å². The zero-order valence-electron chi connectivity index (χ0n) is 17.6. The van der Waals surface area contributed by atoms with Crippen LogP contribution < -0.4 is 19.4 Å². The Labute approximate surface area is 177 Å². The lowest BCUT2D eigenvalue weighted by Gasteiger charge is -2.30. The number of nitrogens with one attached hydrogen (secondary N) is 1. The predicted octanol–water partition coefficient (Wildman–Crippen LogP) is 3.80. The van der Waals surface area contributed by atoms with Crippen molar-refractivity contribution in [2.75, 3.05) is 32.2 Å². The van der Waals surface area contributed by atoms with Gasteiger partial charge in [0, 0.05) is 19.2 Å². The first-order valence-electron chi connectivity index (χ1n) is 10.1. The van der Waals surface area contributed by atoms with Crippen LogP contribution >= 0.6 is 0 Å². The molecule has 7 heteroatoms. The molecule has 2 aromatic carbocycles. The Morgan fingerprint density at radius 1 is 0.933 bits per heavy atom. The number of rotatable bonds is 5. The third kappa shape index (κ3) is 3.58. The van der Waals surface area contributed by atoms with E-state index in [1.165, 1.54) is 0 Å². The summed E-state index contributed by atoms with van der Waals surface area (Å²) in [6.45, 7) is 3.59. The molecule has 1 aliphatic heterocycles. The highest BCUT2D eigenvalue weighted by molar-refractivity contribution is 7.91. The molecule has 4 rings (SSSR count). The second kappa shape index (κ2) is 8.14. The van der Waals surface area contributed by atoms with Gasteiger partial charge in [-0.15, -0.1) is 0 Å².